The van der Waals surface area contributed by atoms with Crippen LogP contribution in [0.3, 0.4) is 0 Å². The molecule has 0 bridgehead atoms. The Labute approximate surface area is 193 Å². The lowest BCUT2D eigenvalue weighted by Crippen LogP contribution is -2.36. The van der Waals surface area contributed by atoms with Crippen LogP contribution in [0.2, 0.25) is 0 Å². The zero-order valence-electron chi connectivity index (χ0n) is 18.9. The van der Waals surface area contributed by atoms with Gasteiger partial charge in [-0.05, 0) is 25.0 Å². The lowest BCUT2D eigenvalue weighted by atomic mass is 10.1. The third kappa shape index (κ3) is 6.07. The van der Waals surface area contributed by atoms with Crippen LogP contribution in [0.25, 0.3) is 11.3 Å². The molecule has 1 atom stereocenters. The van der Waals surface area contributed by atoms with Crippen LogP contribution in [0.4, 0.5) is 4.39 Å². The summed E-state index contributed by atoms with van der Waals surface area (Å²) in [6.45, 7) is 5.32. The van der Waals surface area contributed by atoms with E-state index in [0.29, 0.717) is 37.4 Å². The van der Waals surface area contributed by atoms with E-state index in [1.54, 1.807) is 22.9 Å². The molecule has 0 spiro atoms. The zero-order chi connectivity index (χ0) is 23.2. The van der Waals surface area contributed by atoms with Gasteiger partial charge >= 0.3 is 0 Å². The number of ether oxygens (including phenoxy) is 2. The Bertz CT molecular complexity index is 1070. The van der Waals surface area contributed by atoms with Crippen LogP contribution in [0.5, 0.6) is 11.6 Å². The molecule has 7 heteroatoms. The number of rotatable bonds is 12. The third-order valence-corrected chi connectivity index (χ3v) is 5.56. The molecule has 4 rings (SSSR count). The molecule has 0 saturated heterocycles. The van der Waals surface area contributed by atoms with Crippen molar-refractivity contribution in [3.05, 3.63) is 78.6 Å². The molecule has 33 heavy (non-hydrogen) atoms. The van der Waals surface area contributed by atoms with Gasteiger partial charge < -0.3 is 14.6 Å². The number of halogens is 1. The fraction of sp³-hybridized carbons (Fsp3) is 0.346. The molecule has 0 radical (unpaired) electrons. The third-order valence-electron chi connectivity index (χ3n) is 5.56. The molecule has 2 aromatic carbocycles. The van der Waals surface area contributed by atoms with Crippen LogP contribution >= 0.6 is 0 Å². The highest BCUT2D eigenvalue weighted by Gasteiger charge is 2.33. The number of aromatic nitrogens is 2. The molecule has 1 aliphatic carbocycles. The highest BCUT2D eigenvalue weighted by molar-refractivity contribution is 5.65. The van der Waals surface area contributed by atoms with Crippen molar-refractivity contribution in [3.63, 3.8) is 0 Å². The Morgan fingerprint density at radius 1 is 1.24 bits per heavy atom. The summed E-state index contributed by atoms with van der Waals surface area (Å²) >= 11 is 0. The second-order valence-corrected chi connectivity index (χ2v) is 8.32. The minimum Gasteiger partial charge on any atom is -0.439 e. The summed E-state index contributed by atoms with van der Waals surface area (Å²) in [4.78, 5) is 2.25. The fourth-order valence-corrected chi connectivity index (χ4v) is 3.89. The van der Waals surface area contributed by atoms with Gasteiger partial charge in [-0.3, -0.25) is 4.90 Å². The van der Waals surface area contributed by atoms with Crippen molar-refractivity contribution in [2.24, 2.45) is 7.05 Å². The molecule has 1 aliphatic rings. The summed E-state index contributed by atoms with van der Waals surface area (Å²) < 4.78 is 27.1. The van der Waals surface area contributed by atoms with Gasteiger partial charge in [-0.15, -0.1) is 6.58 Å². The smallest absolute Gasteiger partial charge is 0.222 e. The first kappa shape index (κ1) is 23.2. The Hall–Kier alpha value is -3.00. The molecule has 1 N–H and O–H groups in total. The second-order valence-electron chi connectivity index (χ2n) is 8.32. The normalized spacial score (nSPS) is 14.4. The van der Waals surface area contributed by atoms with Crippen LogP contribution in [0.15, 0.2) is 67.3 Å². The maximum absolute atomic E-state index is 13.8. The average molecular weight is 452 g/mol. The van der Waals surface area contributed by atoms with Gasteiger partial charge in [-0.25, -0.2) is 9.07 Å². The monoisotopic (exact) mass is 451 g/mol. The van der Waals surface area contributed by atoms with Gasteiger partial charge in [0.25, 0.3) is 0 Å². The molecule has 1 aromatic heterocycles. The molecular formula is C26H30FN3O3. The van der Waals surface area contributed by atoms with Crippen LogP contribution in [0.1, 0.15) is 18.4 Å². The van der Waals surface area contributed by atoms with Gasteiger partial charge in [-0.1, -0.05) is 42.5 Å². The van der Waals surface area contributed by atoms with Crippen LogP contribution in [0, 0.1) is 5.82 Å². The first-order chi connectivity index (χ1) is 16.0. The van der Waals surface area contributed by atoms with E-state index in [2.05, 4.69) is 11.5 Å². The van der Waals surface area contributed by atoms with Crippen molar-refractivity contribution in [3.8, 4) is 22.9 Å². The number of nitrogens with zero attached hydrogens (tertiary/aromatic N) is 3. The molecule has 174 valence electrons. The highest BCUT2D eigenvalue weighted by Crippen LogP contribution is 2.37. The maximum Gasteiger partial charge on any atom is 0.222 e. The van der Waals surface area contributed by atoms with Gasteiger partial charge in [0, 0.05) is 37.8 Å². The molecule has 1 saturated carbocycles. The van der Waals surface area contributed by atoms with E-state index < -0.39 is 6.10 Å². The first-order valence-electron chi connectivity index (χ1n) is 11.2. The van der Waals surface area contributed by atoms with E-state index in [1.165, 1.54) is 12.1 Å². The van der Waals surface area contributed by atoms with Crippen molar-refractivity contribution in [2.75, 3.05) is 19.8 Å². The molecule has 0 amide bonds. The molecule has 1 unspecified atom stereocenters. The Kier molecular flexibility index (Phi) is 7.54. The van der Waals surface area contributed by atoms with Crippen molar-refractivity contribution in [1.82, 2.24) is 14.7 Å². The van der Waals surface area contributed by atoms with Gasteiger partial charge in [0.05, 0.1) is 24.9 Å². The summed E-state index contributed by atoms with van der Waals surface area (Å²) in [5, 5.41) is 15.3. The Morgan fingerprint density at radius 2 is 2.03 bits per heavy atom. The first-order valence-corrected chi connectivity index (χ1v) is 11.2. The Balaban J connectivity index is 1.64. The number of aliphatic hydroxyl groups excluding tert-OH is 1. The molecule has 1 heterocycles. The molecule has 1 fully saturated rings. The van der Waals surface area contributed by atoms with Gasteiger partial charge in [0.1, 0.15) is 17.3 Å². The van der Waals surface area contributed by atoms with Crippen molar-refractivity contribution in [1.29, 1.82) is 0 Å². The SMILES string of the molecule is C=CCOCC(O)CN(Cc1c(-c2ccccc2)nn(C)c1Oc1cccc(F)c1)C1CC1. The lowest BCUT2D eigenvalue weighted by molar-refractivity contribution is 0.0227. The topological polar surface area (TPSA) is 59.8 Å². The summed E-state index contributed by atoms with van der Waals surface area (Å²) in [6, 6.07) is 16.4. The van der Waals surface area contributed by atoms with E-state index in [4.69, 9.17) is 14.6 Å². The quantitative estimate of drug-likeness (QED) is 0.324. The fourth-order valence-electron chi connectivity index (χ4n) is 3.89. The van der Waals surface area contributed by atoms with E-state index >= 15 is 0 Å². The van der Waals surface area contributed by atoms with Crippen LogP contribution in [-0.2, 0) is 18.3 Å². The largest absolute Gasteiger partial charge is 0.439 e. The summed E-state index contributed by atoms with van der Waals surface area (Å²) in [5.41, 5.74) is 2.69. The minimum absolute atomic E-state index is 0.250. The van der Waals surface area contributed by atoms with Crippen LogP contribution < -0.4 is 4.74 Å². The minimum atomic E-state index is -0.616. The van der Waals surface area contributed by atoms with Crippen LogP contribution in [-0.4, -0.2) is 51.7 Å². The molecule has 6 nitrogen and oxygen atoms in total. The predicted molar refractivity (Wildman–Crippen MR) is 126 cm³/mol. The van der Waals surface area contributed by atoms with E-state index in [-0.39, 0.29) is 12.4 Å². The molecular weight excluding hydrogens is 421 g/mol. The van der Waals surface area contributed by atoms with E-state index in [1.807, 2.05) is 37.4 Å². The van der Waals surface area contributed by atoms with Gasteiger partial charge in [-0.2, -0.15) is 5.10 Å². The summed E-state index contributed by atoms with van der Waals surface area (Å²) in [7, 11) is 1.82. The van der Waals surface area contributed by atoms with Crippen molar-refractivity contribution in [2.45, 2.75) is 31.5 Å². The van der Waals surface area contributed by atoms with Crippen molar-refractivity contribution < 1.29 is 19.0 Å². The second kappa shape index (κ2) is 10.7. The van der Waals surface area contributed by atoms with Crippen molar-refractivity contribution >= 4 is 0 Å². The molecule has 3 aromatic rings. The maximum atomic E-state index is 13.8. The van der Waals surface area contributed by atoms with E-state index in [9.17, 15) is 9.50 Å². The van der Waals surface area contributed by atoms with E-state index in [0.717, 1.165) is 29.7 Å². The lowest BCUT2D eigenvalue weighted by Gasteiger charge is -2.25. The standard InChI is InChI=1S/C26H30FN3O3/c1-3-14-32-18-22(31)16-30(21-12-13-21)17-24-25(19-8-5-4-6-9-19)28-29(2)26(24)33-23-11-7-10-20(27)15-23/h3-11,15,21-22,31H,1,12-14,16-18H2,2H3. The predicted octanol–water partition coefficient (Wildman–Crippen LogP) is 4.55. The van der Waals surface area contributed by atoms with Gasteiger partial charge in [0.15, 0.2) is 0 Å². The molecule has 0 aliphatic heterocycles. The Morgan fingerprint density at radius 3 is 2.73 bits per heavy atom. The average Bonchev–Trinajstić information content (AvgIpc) is 3.61. The van der Waals surface area contributed by atoms with Gasteiger partial charge in [0.2, 0.25) is 5.88 Å². The zero-order valence-corrected chi connectivity index (χ0v) is 18.9. The summed E-state index contributed by atoms with van der Waals surface area (Å²) in [5.74, 6) is 0.610. The number of hydrogen-bond donors (Lipinski definition) is 1. The number of aliphatic hydroxyl groups is 1. The number of aryl methyl sites for hydroxylation is 1. The highest BCUT2D eigenvalue weighted by atomic mass is 19.1. The number of hydrogen-bond acceptors (Lipinski definition) is 5. The summed E-state index contributed by atoms with van der Waals surface area (Å²) in [6.07, 6.45) is 3.22. The number of benzene rings is 2.